The Morgan fingerprint density at radius 3 is 1.44 bits per heavy atom. The van der Waals surface area contributed by atoms with Crippen LogP contribution in [0.15, 0.2) is 120 Å². The molecule has 4 aromatic rings. The van der Waals surface area contributed by atoms with Crippen LogP contribution in [0, 0.1) is 0 Å². The summed E-state index contributed by atoms with van der Waals surface area (Å²) in [7, 11) is 0. The van der Waals surface area contributed by atoms with E-state index in [1.54, 1.807) is 18.2 Å². The Morgan fingerprint density at radius 2 is 0.938 bits per heavy atom. The van der Waals surface area contributed by atoms with Gasteiger partial charge in [-0.05, 0) is 18.2 Å². The highest BCUT2D eigenvalue weighted by atomic mass is 19.4. The first-order valence-electron chi connectivity index (χ1n) is 13.8. The average Bonchev–Trinajstić information content (AvgIpc) is 3.07. The zero-order chi connectivity index (χ0) is 35.0. The molecule has 12 heteroatoms. The Bertz CT molecular complexity index is 2120. The molecule has 2 aliphatic carbocycles. The Kier molecular flexibility index (Phi) is 8.77. The number of rotatable bonds is 4. The van der Waals surface area contributed by atoms with Gasteiger partial charge in [0.05, 0.1) is 22.3 Å². The predicted molar refractivity (Wildman–Crippen MR) is 158 cm³/mol. The molecule has 0 atom stereocenters. The first-order valence-corrected chi connectivity index (χ1v) is 13.8. The fourth-order valence-corrected chi connectivity index (χ4v) is 5.03. The summed E-state index contributed by atoms with van der Waals surface area (Å²) in [5, 5.41) is 0. The molecule has 0 saturated heterocycles. The third-order valence-electron chi connectivity index (χ3n) is 7.33. The molecular weight excluding hydrogens is 642 g/mol. The summed E-state index contributed by atoms with van der Waals surface area (Å²) < 4.78 is 77.5. The van der Waals surface area contributed by atoms with Gasteiger partial charge >= 0.3 is 12.4 Å². The van der Waals surface area contributed by atoms with E-state index in [1.807, 2.05) is 0 Å². The SMILES string of the molecule is O=C(C1=CC(=O)c2ccccc2C1=O)c1cccc(C(F)(F)F)c1.O=C1C=C(C(=O)c2ccccc2C(F)(F)F)C(=O)c2ccccc21. The molecule has 0 aromatic heterocycles. The lowest BCUT2D eigenvalue weighted by Crippen LogP contribution is -2.24. The molecule has 6 nitrogen and oxygen atoms in total. The van der Waals surface area contributed by atoms with Crippen molar-refractivity contribution in [2.45, 2.75) is 12.4 Å². The van der Waals surface area contributed by atoms with Crippen molar-refractivity contribution >= 4 is 34.7 Å². The minimum atomic E-state index is -4.74. The van der Waals surface area contributed by atoms with Crippen LogP contribution in [-0.2, 0) is 12.4 Å². The first-order chi connectivity index (χ1) is 22.6. The maximum absolute atomic E-state index is 13.1. The molecule has 240 valence electrons. The lowest BCUT2D eigenvalue weighted by Gasteiger charge is -2.16. The Morgan fingerprint density at radius 1 is 0.479 bits per heavy atom. The van der Waals surface area contributed by atoms with Crippen molar-refractivity contribution in [3.63, 3.8) is 0 Å². The molecule has 2 aliphatic rings. The normalized spacial score (nSPS) is 14.2. The van der Waals surface area contributed by atoms with Crippen molar-refractivity contribution in [1.29, 1.82) is 0 Å². The van der Waals surface area contributed by atoms with E-state index >= 15 is 0 Å². The number of allylic oxidation sites excluding steroid dienone is 4. The van der Waals surface area contributed by atoms with E-state index in [0.717, 1.165) is 42.5 Å². The van der Waals surface area contributed by atoms with Crippen LogP contribution in [0.1, 0.15) is 73.3 Å². The highest BCUT2D eigenvalue weighted by Gasteiger charge is 2.38. The number of alkyl halides is 6. The van der Waals surface area contributed by atoms with Crippen molar-refractivity contribution in [1.82, 2.24) is 0 Å². The van der Waals surface area contributed by atoms with Crippen LogP contribution in [-0.4, -0.2) is 34.7 Å². The number of halogens is 6. The number of Topliss-reactive ketones (excluding diaryl/α,β-unsaturated/α-hetero) is 4. The predicted octanol–water partition coefficient (Wildman–Crippen LogP) is 7.79. The van der Waals surface area contributed by atoms with Gasteiger partial charge in [-0.25, -0.2) is 0 Å². The van der Waals surface area contributed by atoms with Crippen molar-refractivity contribution in [2.24, 2.45) is 0 Å². The van der Waals surface area contributed by atoms with Gasteiger partial charge in [0.1, 0.15) is 0 Å². The molecule has 0 aliphatic heterocycles. The number of carbonyl (C=O) groups excluding carboxylic acids is 6. The van der Waals surface area contributed by atoms with Crippen LogP contribution >= 0.6 is 0 Å². The van der Waals surface area contributed by atoms with E-state index in [9.17, 15) is 55.1 Å². The van der Waals surface area contributed by atoms with E-state index in [1.165, 1.54) is 42.5 Å². The monoisotopic (exact) mass is 660 g/mol. The summed E-state index contributed by atoms with van der Waals surface area (Å²) in [6.07, 6.45) is -7.66. The number of fused-ring (bicyclic) bond motifs is 2. The molecule has 6 rings (SSSR count). The molecule has 0 fully saturated rings. The second-order valence-corrected chi connectivity index (χ2v) is 10.4. The zero-order valence-electron chi connectivity index (χ0n) is 24.1. The maximum atomic E-state index is 13.1. The first kappa shape index (κ1) is 33.3. The van der Waals surface area contributed by atoms with Crippen LogP contribution in [0.2, 0.25) is 0 Å². The van der Waals surface area contributed by atoms with Gasteiger partial charge in [-0.3, -0.25) is 28.8 Å². The summed E-state index contributed by atoms with van der Waals surface area (Å²) in [5.41, 5.74) is -3.70. The van der Waals surface area contributed by atoms with Crippen LogP contribution in [0.5, 0.6) is 0 Å². The molecule has 0 radical (unpaired) electrons. The molecular formula is C36H18F6O6. The number of benzene rings is 4. The summed E-state index contributed by atoms with van der Waals surface area (Å²) in [5.74, 6) is -4.57. The fourth-order valence-electron chi connectivity index (χ4n) is 5.03. The largest absolute Gasteiger partial charge is 0.417 e. The second-order valence-electron chi connectivity index (χ2n) is 10.4. The summed E-state index contributed by atoms with van der Waals surface area (Å²) in [4.78, 5) is 73.8. The maximum Gasteiger partial charge on any atom is 0.417 e. The van der Waals surface area contributed by atoms with E-state index < -0.39 is 74.9 Å². The second kappa shape index (κ2) is 12.6. The van der Waals surface area contributed by atoms with Gasteiger partial charge in [0.15, 0.2) is 34.7 Å². The molecule has 0 bridgehead atoms. The Labute approximate surface area is 267 Å². The highest BCUT2D eigenvalue weighted by molar-refractivity contribution is 6.38. The van der Waals surface area contributed by atoms with Crippen LogP contribution < -0.4 is 0 Å². The summed E-state index contributed by atoms with van der Waals surface area (Å²) >= 11 is 0. The third-order valence-corrected chi connectivity index (χ3v) is 7.33. The molecule has 0 spiro atoms. The molecule has 48 heavy (non-hydrogen) atoms. The molecule has 4 aromatic carbocycles. The van der Waals surface area contributed by atoms with Gasteiger partial charge in [0.2, 0.25) is 0 Å². The quantitative estimate of drug-likeness (QED) is 0.126. The topological polar surface area (TPSA) is 102 Å². The Hall–Kier alpha value is -6.04. The molecule has 0 N–H and O–H groups in total. The molecule has 0 saturated carbocycles. The van der Waals surface area contributed by atoms with E-state index in [-0.39, 0.29) is 27.8 Å². The van der Waals surface area contributed by atoms with Crippen molar-refractivity contribution in [3.8, 4) is 0 Å². The van der Waals surface area contributed by atoms with Crippen LogP contribution in [0.4, 0.5) is 26.3 Å². The van der Waals surface area contributed by atoms with Gasteiger partial charge in [-0.2, -0.15) is 26.3 Å². The van der Waals surface area contributed by atoms with Crippen molar-refractivity contribution in [3.05, 3.63) is 165 Å². The number of hydrogen-bond acceptors (Lipinski definition) is 6. The van der Waals surface area contributed by atoms with E-state index in [2.05, 4.69) is 0 Å². The van der Waals surface area contributed by atoms with E-state index in [0.29, 0.717) is 6.07 Å². The standard InChI is InChI=1S/2C18H9F3O3/c19-18(20,21)11-5-3-4-10(8-11)16(23)14-9-15(22)12-6-1-2-7-13(12)17(14)24;19-18(20,21)14-8-4-3-7-12(14)17(24)13-9-15(22)10-5-1-2-6-11(10)16(13)23/h2*1-9H. The Balaban J connectivity index is 0.000000188. The van der Waals surface area contributed by atoms with Gasteiger partial charge in [0.25, 0.3) is 0 Å². The zero-order valence-corrected chi connectivity index (χ0v) is 24.1. The third kappa shape index (κ3) is 6.45. The lowest BCUT2D eigenvalue weighted by molar-refractivity contribution is -0.138. The molecule has 0 amide bonds. The van der Waals surface area contributed by atoms with Crippen LogP contribution in [0.25, 0.3) is 0 Å². The minimum absolute atomic E-state index is 0.0119. The summed E-state index contributed by atoms with van der Waals surface area (Å²) in [6, 6.07) is 19.8. The average molecular weight is 661 g/mol. The molecule has 0 unspecified atom stereocenters. The van der Waals surface area contributed by atoms with Gasteiger partial charge in [0, 0.05) is 45.5 Å². The lowest BCUT2D eigenvalue weighted by atomic mass is 9.85. The number of ketones is 6. The summed E-state index contributed by atoms with van der Waals surface area (Å²) in [6.45, 7) is 0. The minimum Gasteiger partial charge on any atom is -0.289 e. The molecule has 0 heterocycles. The number of carbonyl (C=O) groups is 6. The smallest absolute Gasteiger partial charge is 0.289 e. The van der Waals surface area contributed by atoms with Crippen molar-refractivity contribution in [2.75, 3.05) is 0 Å². The highest BCUT2D eigenvalue weighted by Crippen LogP contribution is 2.34. The van der Waals surface area contributed by atoms with Crippen molar-refractivity contribution < 1.29 is 55.1 Å². The van der Waals surface area contributed by atoms with E-state index in [4.69, 9.17) is 0 Å². The van der Waals surface area contributed by atoms with Gasteiger partial charge in [-0.15, -0.1) is 0 Å². The number of hydrogen-bond donors (Lipinski definition) is 0. The van der Waals surface area contributed by atoms with Crippen LogP contribution in [0.3, 0.4) is 0 Å². The van der Waals surface area contributed by atoms with Gasteiger partial charge in [-0.1, -0.05) is 78.9 Å². The fraction of sp³-hybridized carbons (Fsp3) is 0.0556. The van der Waals surface area contributed by atoms with Gasteiger partial charge < -0.3 is 0 Å².